The van der Waals surface area contributed by atoms with Crippen molar-refractivity contribution in [3.8, 4) is 11.5 Å². The smallest absolute Gasteiger partial charge is 0.259 e. The molecule has 0 saturated heterocycles. The van der Waals surface area contributed by atoms with Crippen LogP contribution in [0.2, 0.25) is 0 Å². The molecule has 1 amide bonds. The molecule has 4 rings (SSSR count). The number of pyridine rings is 1. The van der Waals surface area contributed by atoms with E-state index in [2.05, 4.69) is 34.4 Å². The van der Waals surface area contributed by atoms with E-state index in [4.69, 9.17) is 8.94 Å². The first-order chi connectivity index (χ1) is 13.0. The van der Waals surface area contributed by atoms with E-state index in [1.54, 1.807) is 48.3 Å². The summed E-state index contributed by atoms with van der Waals surface area (Å²) in [5.74, 6) is 1.29. The average Bonchev–Trinajstić information content (AvgIpc) is 3.37. The van der Waals surface area contributed by atoms with Gasteiger partial charge in [0.25, 0.3) is 11.6 Å². The highest BCUT2D eigenvalue weighted by Gasteiger charge is 2.21. The van der Waals surface area contributed by atoms with Crippen LogP contribution < -0.4 is 5.32 Å². The number of rotatable bonds is 5. The third-order valence-corrected chi connectivity index (χ3v) is 4.13. The van der Waals surface area contributed by atoms with Crippen LogP contribution in [0.3, 0.4) is 0 Å². The maximum atomic E-state index is 13.1. The van der Waals surface area contributed by atoms with Crippen molar-refractivity contribution in [1.29, 1.82) is 0 Å². The van der Waals surface area contributed by atoms with Gasteiger partial charge in [-0.25, -0.2) is 9.67 Å². The number of nitrogens with zero attached hydrogens (tertiary/aromatic N) is 4. The lowest BCUT2D eigenvalue weighted by atomic mass is 10.1. The Bertz CT molecular complexity index is 1090. The Morgan fingerprint density at radius 2 is 2.19 bits per heavy atom. The Kier molecular flexibility index (Phi) is 4.23. The molecular formula is C19H19N5O3. The minimum absolute atomic E-state index is 0.285. The van der Waals surface area contributed by atoms with Gasteiger partial charge < -0.3 is 14.3 Å². The van der Waals surface area contributed by atoms with Gasteiger partial charge in [-0.15, -0.1) is 0 Å². The van der Waals surface area contributed by atoms with E-state index in [0.717, 1.165) is 0 Å². The third kappa shape index (κ3) is 3.21. The van der Waals surface area contributed by atoms with E-state index in [0.29, 0.717) is 52.1 Å². The number of carbonyl (C=O) groups excluding carboxylic acids is 1. The van der Waals surface area contributed by atoms with Crippen LogP contribution in [0.5, 0.6) is 0 Å². The molecule has 8 heteroatoms. The number of carbonyl (C=O) groups is 1. The summed E-state index contributed by atoms with van der Waals surface area (Å²) in [6.07, 6.45) is 3.22. The zero-order valence-electron chi connectivity index (χ0n) is 15.3. The van der Waals surface area contributed by atoms with E-state index >= 15 is 0 Å². The number of aromatic nitrogens is 4. The van der Waals surface area contributed by atoms with Crippen molar-refractivity contribution < 1.29 is 13.7 Å². The van der Waals surface area contributed by atoms with E-state index < -0.39 is 0 Å². The number of aryl methyl sites for hydroxylation is 1. The van der Waals surface area contributed by atoms with Gasteiger partial charge in [0, 0.05) is 12.6 Å². The van der Waals surface area contributed by atoms with Crippen molar-refractivity contribution in [2.45, 2.75) is 27.3 Å². The molecule has 0 bridgehead atoms. The topological polar surface area (TPSA) is 99.0 Å². The predicted octanol–water partition coefficient (Wildman–Crippen LogP) is 3.90. The lowest BCUT2D eigenvalue weighted by Gasteiger charge is -2.11. The highest BCUT2D eigenvalue weighted by atomic mass is 16.5. The molecular weight excluding hydrogens is 346 g/mol. The number of fused-ring (bicyclic) bond motifs is 1. The van der Waals surface area contributed by atoms with Crippen LogP contribution >= 0.6 is 0 Å². The molecule has 0 aliphatic heterocycles. The van der Waals surface area contributed by atoms with Gasteiger partial charge in [-0.3, -0.25) is 4.79 Å². The molecule has 4 aromatic heterocycles. The molecule has 1 N–H and O–H groups in total. The molecule has 0 saturated carbocycles. The number of hydrogen-bond acceptors (Lipinski definition) is 6. The summed E-state index contributed by atoms with van der Waals surface area (Å²) < 4.78 is 12.5. The van der Waals surface area contributed by atoms with Gasteiger partial charge in [0.15, 0.2) is 5.76 Å². The third-order valence-electron chi connectivity index (χ3n) is 4.13. The van der Waals surface area contributed by atoms with E-state index in [1.807, 2.05) is 0 Å². The second kappa shape index (κ2) is 6.71. The average molecular weight is 365 g/mol. The van der Waals surface area contributed by atoms with Crippen molar-refractivity contribution in [3.63, 3.8) is 0 Å². The number of anilines is 1. The summed E-state index contributed by atoms with van der Waals surface area (Å²) in [7, 11) is 0. The molecule has 27 heavy (non-hydrogen) atoms. The van der Waals surface area contributed by atoms with Crippen LogP contribution in [-0.4, -0.2) is 25.8 Å². The van der Waals surface area contributed by atoms with Gasteiger partial charge in [-0.2, -0.15) is 5.10 Å². The molecule has 4 heterocycles. The molecule has 0 aromatic carbocycles. The van der Waals surface area contributed by atoms with Crippen LogP contribution in [0.1, 0.15) is 29.9 Å². The summed E-state index contributed by atoms with van der Waals surface area (Å²) in [6.45, 7) is 6.67. The molecule has 0 spiro atoms. The predicted molar refractivity (Wildman–Crippen MR) is 99.3 cm³/mol. The normalized spacial score (nSPS) is 11.4. The quantitative estimate of drug-likeness (QED) is 0.576. The maximum absolute atomic E-state index is 13.1. The molecule has 0 unspecified atom stereocenters. The van der Waals surface area contributed by atoms with E-state index in [1.165, 1.54) is 0 Å². The monoisotopic (exact) mass is 365 g/mol. The zero-order valence-corrected chi connectivity index (χ0v) is 15.3. The van der Waals surface area contributed by atoms with Crippen molar-refractivity contribution in [2.24, 2.45) is 5.92 Å². The van der Waals surface area contributed by atoms with E-state index in [-0.39, 0.29) is 5.91 Å². The van der Waals surface area contributed by atoms with Gasteiger partial charge >= 0.3 is 0 Å². The van der Waals surface area contributed by atoms with Crippen LogP contribution in [0.25, 0.3) is 22.6 Å². The molecule has 0 atom stereocenters. The fourth-order valence-electron chi connectivity index (χ4n) is 2.94. The Hall–Kier alpha value is -3.42. The van der Waals surface area contributed by atoms with Crippen molar-refractivity contribution in [1.82, 2.24) is 19.9 Å². The fraction of sp³-hybridized carbons (Fsp3) is 0.263. The fourth-order valence-corrected chi connectivity index (χ4v) is 2.94. The van der Waals surface area contributed by atoms with Gasteiger partial charge in [0.05, 0.1) is 29.1 Å². The molecule has 0 aliphatic rings. The summed E-state index contributed by atoms with van der Waals surface area (Å²) >= 11 is 0. The van der Waals surface area contributed by atoms with Crippen molar-refractivity contribution in [3.05, 3.63) is 48.0 Å². The molecule has 0 fully saturated rings. The van der Waals surface area contributed by atoms with Crippen molar-refractivity contribution in [2.75, 3.05) is 5.32 Å². The van der Waals surface area contributed by atoms with E-state index in [9.17, 15) is 4.79 Å². The SMILES string of the molecule is Cc1noc2nc(-c3ccco3)cc(C(=O)Nc3ccnn3CC(C)C)c12. The summed E-state index contributed by atoms with van der Waals surface area (Å²) in [5, 5.41) is 11.7. The number of furan rings is 1. The molecule has 0 radical (unpaired) electrons. The lowest BCUT2D eigenvalue weighted by Crippen LogP contribution is -2.18. The highest BCUT2D eigenvalue weighted by molar-refractivity contribution is 6.12. The van der Waals surface area contributed by atoms with Crippen LogP contribution in [0.15, 0.2) is 45.7 Å². The second-order valence-corrected chi connectivity index (χ2v) is 6.73. The number of amides is 1. The molecule has 0 aliphatic carbocycles. The molecule has 8 nitrogen and oxygen atoms in total. The minimum Gasteiger partial charge on any atom is -0.463 e. The second-order valence-electron chi connectivity index (χ2n) is 6.73. The van der Waals surface area contributed by atoms with Crippen LogP contribution in [0, 0.1) is 12.8 Å². The Morgan fingerprint density at radius 1 is 1.33 bits per heavy atom. The first-order valence-electron chi connectivity index (χ1n) is 8.67. The van der Waals surface area contributed by atoms with Crippen molar-refractivity contribution >= 4 is 22.8 Å². The van der Waals surface area contributed by atoms with Gasteiger partial charge in [0.2, 0.25) is 0 Å². The summed E-state index contributed by atoms with van der Waals surface area (Å²) in [6, 6.07) is 6.99. The van der Waals surface area contributed by atoms with Gasteiger partial charge in [-0.05, 0) is 31.0 Å². The standard InChI is InChI=1S/C19H19N5O3/c1-11(2)10-24-16(6-7-20-24)22-18(25)13-9-14(15-5-4-8-26-15)21-19-17(13)12(3)23-27-19/h4-9,11H,10H2,1-3H3,(H,22,25). The summed E-state index contributed by atoms with van der Waals surface area (Å²) in [4.78, 5) is 17.5. The maximum Gasteiger partial charge on any atom is 0.259 e. The Morgan fingerprint density at radius 3 is 2.93 bits per heavy atom. The Labute approximate surface area is 155 Å². The van der Waals surface area contributed by atoms with Crippen LogP contribution in [-0.2, 0) is 6.54 Å². The number of nitrogens with one attached hydrogen (secondary N) is 1. The largest absolute Gasteiger partial charge is 0.463 e. The first kappa shape index (κ1) is 17.0. The highest BCUT2D eigenvalue weighted by Crippen LogP contribution is 2.28. The number of hydrogen-bond donors (Lipinski definition) is 1. The Balaban J connectivity index is 1.75. The first-order valence-corrected chi connectivity index (χ1v) is 8.67. The summed E-state index contributed by atoms with van der Waals surface area (Å²) in [5.41, 5.74) is 1.82. The molecule has 4 aromatic rings. The van der Waals surface area contributed by atoms with Gasteiger partial charge in [0.1, 0.15) is 11.5 Å². The lowest BCUT2D eigenvalue weighted by molar-refractivity contribution is 0.102. The van der Waals surface area contributed by atoms with Gasteiger partial charge in [-0.1, -0.05) is 19.0 Å². The zero-order chi connectivity index (χ0) is 19.0. The molecule has 138 valence electrons. The van der Waals surface area contributed by atoms with Crippen LogP contribution in [0.4, 0.5) is 5.82 Å². The minimum atomic E-state index is -0.285.